The molecule has 0 fully saturated rings. The summed E-state index contributed by atoms with van der Waals surface area (Å²) in [6, 6.07) is 2.03. The summed E-state index contributed by atoms with van der Waals surface area (Å²) >= 11 is 0. The lowest BCUT2D eigenvalue weighted by atomic mass is 10.3. The minimum absolute atomic E-state index is 0.00367. The lowest BCUT2D eigenvalue weighted by molar-refractivity contribution is -0.141. The van der Waals surface area contributed by atoms with Gasteiger partial charge in [0.15, 0.2) is 15.7 Å². The van der Waals surface area contributed by atoms with Crippen molar-refractivity contribution < 1.29 is 21.6 Å². The first-order valence-corrected chi connectivity index (χ1v) is 8.73. The van der Waals surface area contributed by atoms with Crippen LogP contribution >= 0.6 is 0 Å². The molecule has 0 aliphatic rings. The minimum Gasteiger partial charge on any atom is -0.397 e. The quantitative estimate of drug-likeness (QED) is 0.739. The van der Waals surface area contributed by atoms with Gasteiger partial charge in [-0.25, -0.2) is 23.4 Å². The van der Waals surface area contributed by atoms with Crippen molar-refractivity contribution in [3.63, 3.8) is 0 Å². The summed E-state index contributed by atoms with van der Waals surface area (Å²) in [6.45, 7) is 0. The molecule has 0 saturated carbocycles. The van der Waals surface area contributed by atoms with Crippen LogP contribution in [-0.2, 0) is 23.1 Å². The number of rotatable bonds is 2. The second-order valence-corrected chi connectivity index (χ2v) is 7.42. The Kier molecular flexibility index (Phi) is 3.71. The first-order chi connectivity index (χ1) is 11.5. The average Bonchev–Trinajstić information content (AvgIpc) is 2.82. The number of pyridine rings is 2. The van der Waals surface area contributed by atoms with Crippen molar-refractivity contribution >= 4 is 26.6 Å². The number of sulfone groups is 1. The number of hydrogen-bond donors (Lipinski definition) is 1. The molecule has 0 aliphatic heterocycles. The molecule has 0 aromatic carbocycles. The smallest absolute Gasteiger partial charge is 0.397 e. The van der Waals surface area contributed by atoms with Crippen LogP contribution in [0.25, 0.3) is 22.6 Å². The summed E-state index contributed by atoms with van der Waals surface area (Å²) in [6.07, 6.45) is -1.34. The second kappa shape index (κ2) is 5.41. The Labute approximate surface area is 140 Å². The molecule has 0 aliphatic carbocycles. The molecule has 3 aromatic rings. The van der Waals surface area contributed by atoms with E-state index in [0.717, 1.165) is 18.5 Å². The first-order valence-electron chi connectivity index (χ1n) is 6.84. The van der Waals surface area contributed by atoms with Crippen LogP contribution in [0.4, 0.5) is 18.9 Å². The van der Waals surface area contributed by atoms with Gasteiger partial charge >= 0.3 is 6.18 Å². The zero-order chi connectivity index (χ0) is 18.6. The van der Waals surface area contributed by atoms with Crippen LogP contribution in [-0.4, -0.2) is 34.2 Å². The van der Waals surface area contributed by atoms with Gasteiger partial charge in [-0.1, -0.05) is 0 Å². The molecular weight excluding hydrogens is 359 g/mol. The molecule has 3 rings (SSSR count). The topological polar surface area (TPSA) is 104 Å². The number of fused-ring (bicyclic) bond motifs is 1. The van der Waals surface area contributed by atoms with Gasteiger partial charge in [-0.3, -0.25) is 0 Å². The van der Waals surface area contributed by atoms with E-state index in [2.05, 4.69) is 15.0 Å². The highest BCUT2D eigenvalue weighted by Crippen LogP contribution is 2.32. The number of alkyl halides is 3. The van der Waals surface area contributed by atoms with Crippen LogP contribution < -0.4 is 5.73 Å². The normalized spacial score (nSPS) is 12.7. The van der Waals surface area contributed by atoms with Crippen LogP contribution in [0.15, 0.2) is 29.4 Å². The number of nitrogens with two attached hydrogens (primary N) is 1. The molecule has 0 atom stereocenters. The molecular formula is C14H12F3N5O2S. The molecule has 3 aromatic heterocycles. The van der Waals surface area contributed by atoms with E-state index in [1.807, 2.05) is 0 Å². The lowest BCUT2D eigenvalue weighted by Crippen LogP contribution is -2.07. The van der Waals surface area contributed by atoms with E-state index in [1.54, 1.807) is 0 Å². The van der Waals surface area contributed by atoms with Gasteiger partial charge in [0.2, 0.25) is 0 Å². The fourth-order valence-electron chi connectivity index (χ4n) is 2.37. The number of nitrogen functional groups attached to an aromatic ring is 1. The lowest BCUT2D eigenvalue weighted by Gasteiger charge is -2.08. The van der Waals surface area contributed by atoms with Crippen molar-refractivity contribution in [2.75, 3.05) is 12.0 Å². The number of aryl methyl sites for hydroxylation is 1. The van der Waals surface area contributed by atoms with Crippen molar-refractivity contribution in [2.24, 2.45) is 7.05 Å². The van der Waals surface area contributed by atoms with Crippen molar-refractivity contribution in [1.82, 2.24) is 19.5 Å². The Morgan fingerprint density at radius 2 is 1.84 bits per heavy atom. The number of aromatic nitrogens is 4. The Morgan fingerprint density at radius 3 is 2.44 bits per heavy atom. The standard InChI is InChI=1S/C14H12F3N5O2S/c1-22-9-6-19-11(14(15,16)17)4-8(9)21-13(22)12-10(25(2,23)24)3-7(18)5-20-12/h3-6H,18H2,1-2H3. The third-order valence-corrected chi connectivity index (χ3v) is 4.65. The zero-order valence-electron chi connectivity index (χ0n) is 13.0. The summed E-state index contributed by atoms with van der Waals surface area (Å²) < 4.78 is 63.8. The van der Waals surface area contributed by atoms with Gasteiger partial charge in [0.25, 0.3) is 0 Å². The van der Waals surface area contributed by atoms with Gasteiger partial charge in [-0.05, 0) is 12.1 Å². The molecule has 25 heavy (non-hydrogen) atoms. The monoisotopic (exact) mass is 371 g/mol. The van der Waals surface area contributed by atoms with Gasteiger partial charge in [0, 0.05) is 13.3 Å². The zero-order valence-corrected chi connectivity index (χ0v) is 13.9. The van der Waals surface area contributed by atoms with Crippen LogP contribution in [0.1, 0.15) is 5.69 Å². The minimum atomic E-state index is -4.61. The van der Waals surface area contributed by atoms with E-state index < -0.39 is 21.7 Å². The van der Waals surface area contributed by atoms with Gasteiger partial charge < -0.3 is 10.3 Å². The van der Waals surface area contributed by atoms with Crippen LogP contribution in [0.2, 0.25) is 0 Å². The van der Waals surface area contributed by atoms with E-state index in [0.29, 0.717) is 5.52 Å². The van der Waals surface area contributed by atoms with E-state index in [4.69, 9.17) is 5.73 Å². The van der Waals surface area contributed by atoms with Gasteiger partial charge in [-0.15, -0.1) is 0 Å². The second-order valence-electron chi connectivity index (χ2n) is 5.44. The molecule has 0 saturated heterocycles. The molecule has 0 unspecified atom stereocenters. The Hall–Kier alpha value is -2.69. The van der Waals surface area contributed by atoms with E-state index in [9.17, 15) is 21.6 Å². The predicted octanol–water partition coefficient (Wildman–Crippen LogP) is 2.03. The van der Waals surface area contributed by atoms with Gasteiger partial charge in [-0.2, -0.15) is 13.2 Å². The first kappa shape index (κ1) is 17.1. The highest BCUT2D eigenvalue weighted by molar-refractivity contribution is 7.90. The predicted molar refractivity (Wildman–Crippen MR) is 84.3 cm³/mol. The maximum Gasteiger partial charge on any atom is 0.433 e. The fourth-order valence-corrected chi connectivity index (χ4v) is 3.21. The van der Waals surface area contributed by atoms with Gasteiger partial charge in [0.05, 0.1) is 34.0 Å². The third kappa shape index (κ3) is 3.02. The van der Waals surface area contributed by atoms with Crippen LogP contribution in [0.5, 0.6) is 0 Å². The summed E-state index contributed by atoms with van der Waals surface area (Å²) in [5, 5.41) is 0. The average molecular weight is 371 g/mol. The Balaban J connectivity index is 2.29. The molecule has 7 nitrogen and oxygen atoms in total. The highest BCUT2D eigenvalue weighted by Gasteiger charge is 2.33. The number of hydrogen-bond acceptors (Lipinski definition) is 6. The van der Waals surface area contributed by atoms with Crippen molar-refractivity contribution in [1.29, 1.82) is 0 Å². The van der Waals surface area contributed by atoms with Gasteiger partial charge in [0.1, 0.15) is 11.4 Å². The van der Waals surface area contributed by atoms with Crippen molar-refractivity contribution in [3.8, 4) is 11.5 Å². The summed E-state index contributed by atoms with van der Waals surface area (Å²) in [7, 11) is -2.15. The number of halogens is 3. The SMILES string of the molecule is Cn1c(-c2ncc(N)cc2S(C)(=O)=O)nc2cc(C(F)(F)F)ncc21. The van der Waals surface area contributed by atoms with Crippen molar-refractivity contribution in [3.05, 3.63) is 30.2 Å². The number of imidazole rings is 1. The maximum absolute atomic E-state index is 12.8. The Morgan fingerprint density at radius 1 is 1.16 bits per heavy atom. The molecule has 2 N–H and O–H groups in total. The molecule has 0 spiro atoms. The molecule has 3 heterocycles. The molecule has 0 bridgehead atoms. The largest absolute Gasteiger partial charge is 0.433 e. The highest BCUT2D eigenvalue weighted by atomic mass is 32.2. The summed E-state index contributed by atoms with van der Waals surface area (Å²) in [5.74, 6) is 0.0940. The van der Waals surface area contributed by atoms with E-state index in [1.165, 1.54) is 23.9 Å². The fraction of sp³-hybridized carbons (Fsp3) is 0.214. The van der Waals surface area contributed by atoms with Crippen LogP contribution in [0.3, 0.4) is 0 Å². The third-order valence-electron chi connectivity index (χ3n) is 3.54. The van der Waals surface area contributed by atoms with Crippen molar-refractivity contribution in [2.45, 2.75) is 11.1 Å². The summed E-state index contributed by atoms with van der Waals surface area (Å²) in [4.78, 5) is 11.4. The molecule has 0 amide bonds. The molecule has 11 heteroatoms. The van der Waals surface area contributed by atoms with E-state index in [-0.39, 0.29) is 27.6 Å². The molecule has 0 radical (unpaired) electrons. The number of nitrogens with zero attached hydrogens (tertiary/aromatic N) is 4. The number of anilines is 1. The maximum atomic E-state index is 12.8. The molecule has 132 valence electrons. The Bertz CT molecular complexity index is 1090. The summed E-state index contributed by atoms with van der Waals surface area (Å²) in [5.41, 5.74) is 4.99. The van der Waals surface area contributed by atoms with Crippen LogP contribution in [0, 0.1) is 0 Å². The van der Waals surface area contributed by atoms with E-state index >= 15 is 0 Å².